The summed E-state index contributed by atoms with van der Waals surface area (Å²) in [6, 6.07) is 6.16. The van der Waals surface area contributed by atoms with E-state index < -0.39 is 5.60 Å². The Labute approximate surface area is 165 Å². The zero-order valence-electron chi connectivity index (χ0n) is 16.7. The third-order valence-corrected chi connectivity index (χ3v) is 4.90. The molecule has 146 valence electrons. The molecule has 0 unspecified atom stereocenters. The van der Waals surface area contributed by atoms with Crippen LogP contribution in [-0.2, 0) is 11.3 Å². The number of hydrogen-bond donors (Lipinski definition) is 0. The van der Waals surface area contributed by atoms with Crippen LogP contribution in [0.25, 0.3) is 0 Å². The van der Waals surface area contributed by atoms with Crippen molar-refractivity contribution in [3.63, 3.8) is 0 Å². The minimum absolute atomic E-state index is 0.107. The zero-order chi connectivity index (χ0) is 19.5. The quantitative estimate of drug-likeness (QED) is 0.700. The Kier molecular flexibility index (Phi) is 6.97. The average Bonchev–Trinajstić information content (AvgIpc) is 2.48. The number of carbonyl (C=O) groups excluding carboxylic acids is 1. The molecule has 0 saturated carbocycles. The standard InChI is InChI=1S/C20H31BrN2O3/c1-14(2)25-18-9-7-8-17(21)16(18)13-22-10-11-23(15(3)12-22)19(24)26-20(4,5)6/h7-9,14-15H,10-13H2,1-6H3/t15-/m0/s1. The Balaban J connectivity index is 2.03. The normalized spacial score (nSPS) is 18.9. The summed E-state index contributed by atoms with van der Waals surface area (Å²) in [5, 5.41) is 0. The highest BCUT2D eigenvalue weighted by Crippen LogP contribution is 2.30. The van der Waals surface area contributed by atoms with E-state index in [1.807, 2.05) is 57.7 Å². The highest BCUT2D eigenvalue weighted by molar-refractivity contribution is 9.10. The molecule has 26 heavy (non-hydrogen) atoms. The van der Waals surface area contributed by atoms with Crippen molar-refractivity contribution in [3.05, 3.63) is 28.2 Å². The van der Waals surface area contributed by atoms with Crippen molar-refractivity contribution in [3.8, 4) is 5.75 Å². The molecule has 1 amide bonds. The van der Waals surface area contributed by atoms with E-state index in [0.29, 0.717) is 6.54 Å². The number of rotatable bonds is 4. The predicted molar refractivity (Wildman–Crippen MR) is 108 cm³/mol. The molecule has 1 atom stereocenters. The first kappa shape index (κ1) is 21.0. The zero-order valence-corrected chi connectivity index (χ0v) is 18.3. The van der Waals surface area contributed by atoms with Crippen LogP contribution in [0.4, 0.5) is 4.79 Å². The number of carbonyl (C=O) groups is 1. The first-order valence-electron chi connectivity index (χ1n) is 9.23. The monoisotopic (exact) mass is 426 g/mol. The van der Waals surface area contributed by atoms with E-state index in [1.54, 1.807) is 0 Å². The van der Waals surface area contributed by atoms with Crippen molar-refractivity contribution in [2.45, 2.75) is 65.8 Å². The maximum atomic E-state index is 12.4. The van der Waals surface area contributed by atoms with Gasteiger partial charge in [0, 0.05) is 42.3 Å². The molecule has 1 aromatic rings. The van der Waals surface area contributed by atoms with Crippen LogP contribution in [0.15, 0.2) is 22.7 Å². The molecule has 2 rings (SSSR count). The maximum absolute atomic E-state index is 12.4. The Morgan fingerprint density at radius 1 is 1.31 bits per heavy atom. The molecule has 6 heteroatoms. The van der Waals surface area contributed by atoms with Gasteiger partial charge in [0.2, 0.25) is 0 Å². The van der Waals surface area contributed by atoms with Crippen LogP contribution in [0.1, 0.15) is 47.1 Å². The molecule has 1 fully saturated rings. The van der Waals surface area contributed by atoms with Crippen LogP contribution in [0, 0.1) is 0 Å². The molecule has 1 aromatic carbocycles. The van der Waals surface area contributed by atoms with Gasteiger partial charge in [-0.1, -0.05) is 22.0 Å². The van der Waals surface area contributed by atoms with E-state index in [1.165, 1.54) is 0 Å². The number of nitrogens with zero attached hydrogens (tertiary/aromatic N) is 2. The van der Waals surface area contributed by atoms with Crippen LogP contribution in [0.3, 0.4) is 0 Å². The lowest BCUT2D eigenvalue weighted by atomic mass is 10.1. The summed E-state index contributed by atoms with van der Waals surface area (Å²) in [5.41, 5.74) is 0.686. The summed E-state index contributed by atoms with van der Waals surface area (Å²) in [6.45, 7) is 14.9. The second kappa shape index (κ2) is 8.61. The molecular weight excluding hydrogens is 396 g/mol. The largest absolute Gasteiger partial charge is 0.491 e. The summed E-state index contributed by atoms with van der Waals surface area (Å²) in [4.78, 5) is 16.6. The van der Waals surface area contributed by atoms with Crippen molar-refractivity contribution in [1.82, 2.24) is 9.80 Å². The molecule has 0 bridgehead atoms. The molecule has 5 nitrogen and oxygen atoms in total. The van der Waals surface area contributed by atoms with Gasteiger partial charge in [-0.15, -0.1) is 0 Å². The van der Waals surface area contributed by atoms with Gasteiger partial charge in [0.05, 0.1) is 6.10 Å². The van der Waals surface area contributed by atoms with Crippen LogP contribution >= 0.6 is 15.9 Å². The summed E-state index contributed by atoms with van der Waals surface area (Å²) in [7, 11) is 0. The summed E-state index contributed by atoms with van der Waals surface area (Å²) in [6.07, 6.45) is -0.0969. The van der Waals surface area contributed by atoms with E-state index in [4.69, 9.17) is 9.47 Å². The van der Waals surface area contributed by atoms with E-state index in [2.05, 4.69) is 27.8 Å². The van der Waals surface area contributed by atoms with Crippen LogP contribution in [-0.4, -0.2) is 53.3 Å². The van der Waals surface area contributed by atoms with Crippen molar-refractivity contribution >= 4 is 22.0 Å². The lowest BCUT2D eigenvalue weighted by Crippen LogP contribution is -2.54. The average molecular weight is 427 g/mol. The molecular formula is C20H31BrN2O3. The summed E-state index contributed by atoms with van der Waals surface area (Å²) < 4.78 is 12.5. The van der Waals surface area contributed by atoms with E-state index >= 15 is 0 Å². The number of halogens is 1. The lowest BCUT2D eigenvalue weighted by Gasteiger charge is -2.40. The van der Waals surface area contributed by atoms with Crippen LogP contribution in [0.5, 0.6) is 5.75 Å². The third kappa shape index (κ3) is 5.88. The molecule has 1 heterocycles. The summed E-state index contributed by atoms with van der Waals surface area (Å²) in [5.74, 6) is 0.914. The van der Waals surface area contributed by atoms with Gasteiger partial charge in [-0.25, -0.2) is 4.79 Å². The summed E-state index contributed by atoms with van der Waals surface area (Å²) >= 11 is 3.66. The minimum atomic E-state index is -0.466. The van der Waals surface area contributed by atoms with Crippen molar-refractivity contribution in [2.75, 3.05) is 19.6 Å². The Bertz CT molecular complexity index is 628. The fraction of sp³-hybridized carbons (Fsp3) is 0.650. The van der Waals surface area contributed by atoms with Gasteiger partial charge in [-0.3, -0.25) is 4.90 Å². The van der Waals surface area contributed by atoms with Crippen molar-refractivity contribution in [1.29, 1.82) is 0 Å². The first-order valence-corrected chi connectivity index (χ1v) is 10.0. The number of benzene rings is 1. The molecule has 0 spiro atoms. The lowest BCUT2D eigenvalue weighted by molar-refractivity contribution is 0.000403. The second-order valence-electron chi connectivity index (χ2n) is 8.14. The topological polar surface area (TPSA) is 42.0 Å². The smallest absolute Gasteiger partial charge is 0.410 e. The van der Waals surface area contributed by atoms with E-state index in [9.17, 15) is 4.79 Å². The van der Waals surface area contributed by atoms with Gasteiger partial charge in [-0.2, -0.15) is 0 Å². The number of amides is 1. The van der Waals surface area contributed by atoms with Crippen molar-refractivity contribution < 1.29 is 14.3 Å². The highest BCUT2D eigenvalue weighted by atomic mass is 79.9. The number of piperazine rings is 1. The highest BCUT2D eigenvalue weighted by Gasteiger charge is 2.31. The van der Waals surface area contributed by atoms with E-state index in [-0.39, 0.29) is 18.2 Å². The van der Waals surface area contributed by atoms with Crippen LogP contribution < -0.4 is 4.74 Å². The maximum Gasteiger partial charge on any atom is 0.410 e. The first-order chi connectivity index (χ1) is 12.1. The molecule has 1 aliphatic heterocycles. The molecule has 0 aromatic heterocycles. The fourth-order valence-electron chi connectivity index (χ4n) is 3.05. The van der Waals surface area contributed by atoms with Gasteiger partial charge in [0.1, 0.15) is 11.4 Å². The molecule has 0 aliphatic carbocycles. The fourth-order valence-corrected chi connectivity index (χ4v) is 3.52. The van der Waals surface area contributed by atoms with Crippen molar-refractivity contribution in [2.24, 2.45) is 0 Å². The van der Waals surface area contributed by atoms with E-state index in [0.717, 1.165) is 35.4 Å². The minimum Gasteiger partial charge on any atom is -0.491 e. The van der Waals surface area contributed by atoms with Gasteiger partial charge >= 0.3 is 6.09 Å². The van der Waals surface area contributed by atoms with Gasteiger partial charge < -0.3 is 14.4 Å². The number of ether oxygens (including phenoxy) is 2. The number of hydrogen-bond acceptors (Lipinski definition) is 4. The predicted octanol–water partition coefficient (Wildman–Crippen LogP) is 4.68. The molecule has 0 radical (unpaired) electrons. The SMILES string of the molecule is CC(C)Oc1cccc(Br)c1CN1CCN(C(=O)OC(C)(C)C)[C@@H](C)C1. The molecule has 1 aliphatic rings. The Morgan fingerprint density at radius 3 is 2.58 bits per heavy atom. The third-order valence-electron chi connectivity index (χ3n) is 4.16. The Hall–Kier alpha value is -1.27. The Morgan fingerprint density at radius 2 is 2.00 bits per heavy atom. The van der Waals surface area contributed by atoms with Gasteiger partial charge in [0.15, 0.2) is 0 Å². The van der Waals surface area contributed by atoms with Gasteiger partial charge in [0.25, 0.3) is 0 Å². The second-order valence-corrected chi connectivity index (χ2v) is 9.00. The van der Waals surface area contributed by atoms with Crippen LogP contribution in [0.2, 0.25) is 0 Å². The molecule has 0 N–H and O–H groups in total. The van der Waals surface area contributed by atoms with Gasteiger partial charge in [-0.05, 0) is 53.7 Å². The molecule has 1 saturated heterocycles.